The van der Waals surface area contributed by atoms with Crippen LogP contribution in [0.25, 0.3) is 0 Å². The molecule has 0 saturated carbocycles. The van der Waals surface area contributed by atoms with Gasteiger partial charge in [0.25, 0.3) is 0 Å². The van der Waals surface area contributed by atoms with Crippen LogP contribution in [0.5, 0.6) is 0 Å². The molecule has 1 aromatic carbocycles. The summed E-state index contributed by atoms with van der Waals surface area (Å²) in [5.41, 5.74) is 1.61. The SMILES string of the molecule is Cn1ccc2c1N=C(CCCC(=O)N1CCC(C(=O)c3ccc(F)c(F)c3)CC1)CC2=O. The molecule has 1 amide bonds. The number of nitrogens with zero attached hydrogens (tertiary/aromatic N) is 3. The Kier molecular flexibility index (Phi) is 6.30. The van der Waals surface area contributed by atoms with Gasteiger partial charge in [0.1, 0.15) is 5.82 Å². The van der Waals surface area contributed by atoms with Crippen molar-refractivity contribution in [3.05, 3.63) is 53.2 Å². The van der Waals surface area contributed by atoms with Gasteiger partial charge in [0.05, 0.1) is 5.56 Å². The largest absolute Gasteiger partial charge is 0.343 e. The van der Waals surface area contributed by atoms with Crippen molar-refractivity contribution >= 4 is 29.0 Å². The number of hydrogen-bond acceptors (Lipinski definition) is 4. The molecule has 1 aromatic heterocycles. The van der Waals surface area contributed by atoms with E-state index in [0.717, 1.165) is 17.8 Å². The van der Waals surface area contributed by atoms with E-state index in [1.54, 1.807) is 11.0 Å². The van der Waals surface area contributed by atoms with E-state index in [1.165, 1.54) is 6.07 Å². The summed E-state index contributed by atoms with van der Waals surface area (Å²) in [5.74, 6) is -1.77. The van der Waals surface area contributed by atoms with E-state index in [2.05, 4.69) is 4.99 Å². The Hall–Kier alpha value is -3.16. The van der Waals surface area contributed by atoms with E-state index in [-0.39, 0.29) is 29.0 Å². The van der Waals surface area contributed by atoms with Crippen molar-refractivity contribution in [2.45, 2.75) is 38.5 Å². The molecule has 0 atom stereocenters. The van der Waals surface area contributed by atoms with Gasteiger partial charge in [0.15, 0.2) is 23.2 Å². The molecule has 1 saturated heterocycles. The van der Waals surface area contributed by atoms with Gasteiger partial charge in [-0.3, -0.25) is 14.4 Å². The number of rotatable bonds is 6. The standard InChI is InChI=1S/C24H25F2N3O3/c1-28-10-9-18-21(30)14-17(27-24(18)28)3-2-4-22(31)29-11-7-15(8-12-29)23(32)16-5-6-19(25)20(26)13-16/h5-6,9-10,13,15H,2-4,7-8,11-12,14H2,1H3. The highest BCUT2D eigenvalue weighted by atomic mass is 19.2. The Balaban J connectivity index is 1.25. The van der Waals surface area contributed by atoms with Crippen LogP contribution in [0.15, 0.2) is 35.5 Å². The number of piperidine rings is 1. The molecule has 168 valence electrons. The van der Waals surface area contributed by atoms with E-state index in [1.807, 2.05) is 17.8 Å². The predicted octanol–water partition coefficient (Wildman–Crippen LogP) is 4.25. The van der Waals surface area contributed by atoms with Crippen molar-refractivity contribution in [3.63, 3.8) is 0 Å². The highest BCUT2D eigenvalue weighted by molar-refractivity contribution is 6.15. The number of carbonyl (C=O) groups is 3. The smallest absolute Gasteiger partial charge is 0.222 e. The summed E-state index contributed by atoms with van der Waals surface area (Å²) < 4.78 is 28.3. The Bertz CT molecular complexity index is 1100. The third-order valence-corrected chi connectivity index (χ3v) is 6.25. The second kappa shape index (κ2) is 9.14. The lowest BCUT2D eigenvalue weighted by Crippen LogP contribution is -2.40. The summed E-state index contributed by atoms with van der Waals surface area (Å²) in [5, 5.41) is 0. The summed E-state index contributed by atoms with van der Waals surface area (Å²) in [6, 6.07) is 4.98. The average Bonchev–Trinajstić information content (AvgIpc) is 3.16. The quantitative estimate of drug-likeness (QED) is 0.629. The zero-order valence-corrected chi connectivity index (χ0v) is 17.9. The van der Waals surface area contributed by atoms with Crippen LogP contribution in [0.1, 0.15) is 59.2 Å². The number of hydrogen-bond donors (Lipinski definition) is 0. The molecular weight excluding hydrogens is 416 g/mol. The Labute approximate surface area is 184 Å². The number of amides is 1. The van der Waals surface area contributed by atoms with Crippen molar-refractivity contribution in [1.82, 2.24) is 9.47 Å². The van der Waals surface area contributed by atoms with E-state index in [0.29, 0.717) is 63.0 Å². The fraction of sp³-hybridized carbons (Fsp3) is 0.417. The van der Waals surface area contributed by atoms with Gasteiger partial charge in [-0.15, -0.1) is 0 Å². The molecule has 3 heterocycles. The van der Waals surface area contributed by atoms with E-state index in [4.69, 9.17) is 0 Å². The topological polar surface area (TPSA) is 71.7 Å². The Morgan fingerprint density at radius 2 is 1.88 bits per heavy atom. The first-order valence-electron chi connectivity index (χ1n) is 10.9. The van der Waals surface area contributed by atoms with Crippen LogP contribution in [-0.4, -0.2) is 45.7 Å². The number of ketones is 2. The van der Waals surface area contributed by atoms with Gasteiger partial charge >= 0.3 is 0 Å². The Morgan fingerprint density at radius 1 is 1.12 bits per heavy atom. The second-order valence-electron chi connectivity index (χ2n) is 8.44. The van der Waals surface area contributed by atoms with Crippen molar-refractivity contribution in [2.75, 3.05) is 13.1 Å². The van der Waals surface area contributed by atoms with Crippen molar-refractivity contribution in [1.29, 1.82) is 0 Å². The summed E-state index contributed by atoms with van der Waals surface area (Å²) in [6.45, 7) is 0.927. The molecule has 6 nitrogen and oxygen atoms in total. The van der Waals surface area contributed by atoms with Gasteiger partial charge in [0, 0.05) is 56.4 Å². The summed E-state index contributed by atoms with van der Waals surface area (Å²) in [7, 11) is 1.85. The number of carbonyl (C=O) groups excluding carboxylic acids is 3. The molecule has 32 heavy (non-hydrogen) atoms. The molecule has 0 aliphatic carbocycles. The fourth-order valence-corrected chi connectivity index (χ4v) is 4.37. The molecule has 0 N–H and O–H groups in total. The first-order chi connectivity index (χ1) is 15.3. The molecule has 1 fully saturated rings. The highest BCUT2D eigenvalue weighted by Gasteiger charge is 2.28. The lowest BCUT2D eigenvalue weighted by molar-refractivity contribution is -0.132. The normalized spacial score (nSPS) is 16.7. The highest BCUT2D eigenvalue weighted by Crippen LogP contribution is 2.28. The minimum Gasteiger partial charge on any atom is -0.343 e. The monoisotopic (exact) mass is 441 g/mol. The number of Topliss-reactive ketones (excluding diaryl/α,β-unsaturated/α-hetero) is 2. The molecular formula is C24H25F2N3O3. The molecule has 8 heteroatoms. The fourth-order valence-electron chi connectivity index (χ4n) is 4.37. The molecule has 2 aliphatic heterocycles. The van der Waals surface area contributed by atoms with Crippen LogP contribution >= 0.6 is 0 Å². The number of aliphatic imine (C=N–C) groups is 1. The number of benzene rings is 1. The maximum Gasteiger partial charge on any atom is 0.222 e. The molecule has 4 rings (SSSR count). The average molecular weight is 441 g/mol. The minimum atomic E-state index is -1.03. The maximum atomic E-state index is 13.4. The molecule has 0 bridgehead atoms. The van der Waals surface area contributed by atoms with Gasteiger partial charge in [-0.25, -0.2) is 13.8 Å². The lowest BCUT2D eigenvalue weighted by Gasteiger charge is -2.31. The van der Waals surface area contributed by atoms with Crippen molar-refractivity contribution in [2.24, 2.45) is 18.0 Å². The number of likely N-dealkylation sites (tertiary alicyclic amines) is 1. The summed E-state index contributed by atoms with van der Waals surface area (Å²) >= 11 is 0. The molecule has 0 spiro atoms. The van der Waals surface area contributed by atoms with Crippen LogP contribution < -0.4 is 0 Å². The van der Waals surface area contributed by atoms with Crippen LogP contribution in [0.3, 0.4) is 0 Å². The molecule has 0 unspecified atom stereocenters. The minimum absolute atomic E-state index is 0.0195. The van der Waals surface area contributed by atoms with Gasteiger partial charge < -0.3 is 9.47 Å². The van der Waals surface area contributed by atoms with Gasteiger partial charge in [-0.1, -0.05) is 0 Å². The van der Waals surface area contributed by atoms with Gasteiger partial charge in [0.2, 0.25) is 5.91 Å². The Morgan fingerprint density at radius 3 is 2.59 bits per heavy atom. The second-order valence-corrected chi connectivity index (χ2v) is 8.44. The lowest BCUT2D eigenvalue weighted by atomic mass is 9.88. The van der Waals surface area contributed by atoms with Gasteiger partial charge in [-0.2, -0.15) is 0 Å². The maximum absolute atomic E-state index is 13.4. The predicted molar refractivity (Wildman–Crippen MR) is 115 cm³/mol. The number of aromatic nitrogens is 1. The zero-order chi connectivity index (χ0) is 22.8. The van der Waals surface area contributed by atoms with Crippen LogP contribution in [0.2, 0.25) is 0 Å². The number of aryl methyl sites for hydroxylation is 1. The molecule has 0 radical (unpaired) electrons. The molecule has 2 aromatic rings. The van der Waals surface area contributed by atoms with E-state index in [9.17, 15) is 23.2 Å². The number of fused-ring (bicyclic) bond motifs is 1. The number of halogens is 2. The molecule has 2 aliphatic rings. The van der Waals surface area contributed by atoms with Crippen molar-refractivity contribution < 1.29 is 23.2 Å². The van der Waals surface area contributed by atoms with Crippen molar-refractivity contribution in [3.8, 4) is 0 Å². The first kappa shape index (κ1) is 22.0. The zero-order valence-electron chi connectivity index (χ0n) is 17.9. The summed E-state index contributed by atoms with van der Waals surface area (Å²) in [4.78, 5) is 43.7. The van der Waals surface area contributed by atoms with Crippen LogP contribution in [0.4, 0.5) is 14.6 Å². The van der Waals surface area contributed by atoms with E-state index >= 15 is 0 Å². The van der Waals surface area contributed by atoms with Crippen LogP contribution in [-0.2, 0) is 11.8 Å². The third-order valence-electron chi connectivity index (χ3n) is 6.25. The summed E-state index contributed by atoms with van der Waals surface area (Å²) in [6.07, 6.45) is 4.67. The van der Waals surface area contributed by atoms with Crippen LogP contribution in [0, 0.1) is 17.6 Å². The third kappa shape index (κ3) is 4.54. The first-order valence-corrected chi connectivity index (χ1v) is 10.9. The van der Waals surface area contributed by atoms with E-state index < -0.39 is 11.6 Å². The van der Waals surface area contributed by atoms with Gasteiger partial charge in [-0.05, 0) is 49.9 Å².